The first-order valence-corrected chi connectivity index (χ1v) is 5.45. The molecule has 1 N–H and O–H groups in total. The fourth-order valence-electron chi connectivity index (χ4n) is 1.20. The molecule has 0 saturated heterocycles. The SMILES string of the molecule is CCCOc1cc(CNOC(C)=O)ccc1F. The molecule has 0 aliphatic carbocycles. The molecule has 0 atom stereocenters. The molecule has 0 radical (unpaired) electrons. The molecule has 5 heteroatoms. The van der Waals surface area contributed by atoms with E-state index in [1.165, 1.54) is 13.0 Å². The van der Waals surface area contributed by atoms with E-state index in [0.717, 1.165) is 12.0 Å². The van der Waals surface area contributed by atoms with Gasteiger partial charge in [-0.2, -0.15) is 0 Å². The van der Waals surface area contributed by atoms with Gasteiger partial charge in [0, 0.05) is 6.92 Å². The molecule has 0 amide bonds. The quantitative estimate of drug-likeness (QED) is 0.775. The summed E-state index contributed by atoms with van der Waals surface area (Å²) in [5.74, 6) is -0.599. The third-order valence-corrected chi connectivity index (χ3v) is 1.95. The van der Waals surface area contributed by atoms with Crippen LogP contribution in [0, 0.1) is 5.82 Å². The Morgan fingerprint density at radius 1 is 1.47 bits per heavy atom. The van der Waals surface area contributed by atoms with Crippen molar-refractivity contribution in [2.45, 2.75) is 26.8 Å². The van der Waals surface area contributed by atoms with E-state index in [2.05, 4.69) is 10.3 Å². The van der Waals surface area contributed by atoms with E-state index < -0.39 is 11.8 Å². The van der Waals surface area contributed by atoms with Crippen LogP contribution in [0.2, 0.25) is 0 Å². The number of benzene rings is 1. The number of carbonyl (C=O) groups excluding carboxylic acids is 1. The van der Waals surface area contributed by atoms with Gasteiger partial charge in [0.25, 0.3) is 0 Å². The van der Waals surface area contributed by atoms with E-state index in [4.69, 9.17) is 4.74 Å². The van der Waals surface area contributed by atoms with Gasteiger partial charge in [0.05, 0.1) is 13.2 Å². The smallest absolute Gasteiger partial charge is 0.321 e. The van der Waals surface area contributed by atoms with Crippen LogP contribution in [0.5, 0.6) is 5.75 Å². The van der Waals surface area contributed by atoms with Gasteiger partial charge in [0.1, 0.15) is 0 Å². The van der Waals surface area contributed by atoms with Crippen LogP contribution >= 0.6 is 0 Å². The lowest BCUT2D eigenvalue weighted by molar-refractivity contribution is -0.148. The van der Waals surface area contributed by atoms with Crippen molar-refractivity contribution in [1.82, 2.24) is 5.48 Å². The van der Waals surface area contributed by atoms with E-state index in [0.29, 0.717) is 13.2 Å². The predicted molar refractivity (Wildman–Crippen MR) is 60.8 cm³/mol. The predicted octanol–water partition coefficient (Wildman–Crippen LogP) is 2.18. The number of hydrogen-bond donors (Lipinski definition) is 1. The number of hydrogen-bond acceptors (Lipinski definition) is 4. The average molecular weight is 241 g/mol. The molecule has 0 fully saturated rings. The third kappa shape index (κ3) is 4.82. The first-order valence-electron chi connectivity index (χ1n) is 5.45. The van der Waals surface area contributed by atoms with Gasteiger partial charge < -0.3 is 9.57 Å². The highest BCUT2D eigenvalue weighted by atomic mass is 19.1. The summed E-state index contributed by atoms with van der Waals surface area (Å²) in [4.78, 5) is 15.1. The molecule has 0 aliphatic rings. The van der Waals surface area contributed by atoms with Crippen LogP contribution in [0.15, 0.2) is 18.2 Å². The number of ether oxygens (including phenoxy) is 1. The van der Waals surface area contributed by atoms with Gasteiger partial charge in [0.2, 0.25) is 0 Å². The Hall–Kier alpha value is -1.62. The summed E-state index contributed by atoms with van der Waals surface area (Å²) in [5.41, 5.74) is 3.25. The standard InChI is InChI=1S/C12H16FNO3/c1-3-6-16-12-7-10(4-5-11(12)13)8-14-17-9(2)15/h4-5,7,14H,3,6,8H2,1-2H3. The molecule has 0 aromatic heterocycles. The van der Waals surface area contributed by atoms with Gasteiger partial charge in [-0.25, -0.2) is 4.39 Å². The van der Waals surface area contributed by atoms with E-state index in [1.807, 2.05) is 6.92 Å². The Kier molecular flexibility index (Phi) is 5.42. The Morgan fingerprint density at radius 3 is 2.88 bits per heavy atom. The Morgan fingerprint density at radius 2 is 2.24 bits per heavy atom. The first kappa shape index (κ1) is 13.4. The molecule has 0 bridgehead atoms. The molecular formula is C12H16FNO3. The average Bonchev–Trinajstić information content (AvgIpc) is 2.29. The Labute approximate surface area is 99.7 Å². The maximum atomic E-state index is 13.3. The molecule has 4 nitrogen and oxygen atoms in total. The van der Waals surface area contributed by atoms with Gasteiger partial charge in [-0.05, 0) is 24.1 Å². The summed E-state index contributed by atoms with van der Waals surface area (Å²) in [6.45, 7) is 4.03. The van der Waals surface area contributed by atoms with Gasteiger partial charge in [0.15, 0.2) is 11.6 Å². The molecule has 0 unspecified atom stereocenters. The number of rotatable bonds is 6. The van der Waals surface area contributed by atoms with Crippen LogP contribution in [0.3, 0.4) is 0 Å². The van der Waals surface area contributed by atoms with Crippen LogP contribution in [0.4, 0.5) is 4.39 Å². The Bertz CT molecular complexity index is 382. The van der Waals surface area contributed by atoms with Gasteiger partial charge >= 0.3 is 5.97 Å². The van der Waals surface area contributed by atoms with Crippen LogP contribution in [0.25, 0.3) is 0 Å². The molecule has 0 aliphatic heterocycles. The van der Waals surface area contributed by atoms with Crippen LogP contribution in [-0.4, -0.2) is 12.6 Å². The second-order valence-electron chi connectivity index (χ2n) is 3.53. The fourth-order valence-corrected chi connectivity index (χ4v) is 1.20. The molecular weight excluding hydrogens is 225 g/mol. The van der Waals surface area contributed by atoms with Crippen LogP contribution < -0.4 is 10.2 Å². The molecule has 17 heavy (non-hydrogen) atoms. The molecule has 0 heterocycles. The van der Waals surface area contributed by atoms with Crippen LogP contribution in [-0.2, 0) is 16.2 Å². The number of nitrogens with one attached hydrogen (secondary N) is 1. The molecule has 1 aromatic carbocycles. The van der Waals surface area contributed by atoms with Crippen molar-refractivity contribution in [2.75, 3.05) is 6.61 Å². The van der Waals surface area contributed by atoms with Crippen molar-refractivity contribution in [1.29, 1.82) is 0 Å². The van der Waals surface area contributed by atoms with Crippen molar-refractivity contribution >= 4 is 5.97 Å². The summed E-state index contributed by atoms with van der Waals surface area (Å²) < 4.78 is 18.6. The molecule has 1 rings (SSSR count). The van der Waals surface area contributed by atoms with Gasteiger partial charge in [-0.1, -0.05) is 13.0 Å². The summed E-state index contributed by atoms with van der Waals surface area (Å²) in [6.07, 6.45) is 0.815. The highest BCUT2D eigenvalue weighted by molar-refractivity contribution is 5.65. The first-order chi connectivity index (χ1) is 8.13. The number of carbonyl (C=O) groups is 1. The topological polar surface area (TPSA) is 47.6 Å². The van der Waals surface area contributed by atoms with Crippen LogP contribution in [0.1, 0.15) is 25.8 Å². The lowest BCUT2D eigenvalue weighted by Gasteiger charge is -2.08. The van der Waals surface area contributed by atoms with Gasteiger partial charge in [-0.3, -0.25) is 4.79 Å². The van der Waals surface area contributed by atoms with Crippen molar-refractivity contribution < 1.29 is 18.8 Å². The minimum absolute atomic E-state index is 0.217. The molecule has 0 saturated carbocycles. The summed E-state index contributed by atoms with van der Waals surface area (Å²) >= 11 is 0. The zero-order valence-electron chi connectivity index (χ0n) is 9.96. The molecule has 0 spiro atoms. The number of halogens is 1. The highest BCUT2D eigenvalue weighted by Crippen LogP contribution is 2.18. The largest absolute Gasteiger partial charge is 0.491 e. The number of hydroxylamine groups is 1. The van der Waals surface area contributed by atoms with E-state index in [1.54, 1.807) is 12.1 Å². The third-order valence-electron chi connectivity index (χ3n) is 1.95. The highest BCUT2D eigenvalue weighted by Gasteiger charge is 2.05. The zero-order valence-corrected chi connectivity index (χ0v) is 9.96. The summed E-state index contributed by atoms with van der Waals surface area (Å²) in [7, 11) is 0. The second kappa shape index (κ2) is 6.85. The minimum atomic E-state index is -0.422. The van der Waals surface area contributed by atoms with Crippen molar-refractivity contribution in [3.05, 3.63) is 29.6 Å². The molecule has 1 aromatic rings. The maximum Gasteiger partial charge on any atom is 0.321 e. The van der Waals surface area contributed by atoms with Crippen molar-refractivity contribution in [3.8, 4) is 5.75 Å². The lowest BCUT2D eigenvalue weighted by Crippen LogP contribution is -2.17. The van der Waals surface area contributed by atoms with Crippen molar-refractivity contribution in [2.24, 2.45) is 0 Å². The van der Waals surface area contributed by atoms with Gasteiger partial charge in [-0.15, -0.1) is 5.48 Å². The normalized spacial score (nSPS) is 10.1. The second-order valence-corrected chi connectivity index (χ2v) is 3.53. The Balaban J connectivity index is 2.58. The zero-order chi connectivity index (χ0) is 12.7. The van der Waals surface area contributed by atoms with E-state index >= 15 is 0 Å². The lowest BCUT2D eigenvalue weighted by atomic mass is 10.2. The fraction of sp³-hybridized carbons (Fsp3) is 0.417. The van der Waals surface area contributed by atoms with E-state index in [-0.39, 0.29) is 5.75 Å². The summed E-state index contributed by atoms with van der Waals surface area (Å²) in [6, 6.07) is 4.52. The minimum Gasteiger partial charge on any atom is -0.491 e. The monoisotopic (exact) mass is 241 g/mol. The molecule has 94 valence electrons. The summed E-state index contributed by atoms with van der Waals surface area (Å²) in [5, 5.41) is 0. The maximum absolute atomic E-state index is 13.3. The van der Waals surface area contributed by atoms with E-state index in [9.17, 15) is 9.18 Å². The van der Waals surface area contributed by atoms with Crippen molar-refractivity contribution in [3.63, 3.8) is 0 Å².